The zero-order chi connectivity index (χ0) is 14.5. The van der Waals surface area contributed by atoms with E-state index in [1.54, 1.807) is 12.4 Å². The first-order valence-corrected chi connectivity index (χ1v) is 6.83. The molecule has 1 aromatic carbocycles. The first-order chi connectivity index (χ1) is 10.3. The average Bonchev–Trinajstić information content (AvgIpc) is 2.54. The van der Waals surface area contributed by atoms with Crippen LogP contribution in [0.4, 0.5) is 5.82 Å². The molecule has 1 atom stereocenters. The maximum Gasteiger partial charge on any atom is 0.137 e. The van der Waals surface area contributed by atoms with Crippen LogP contribution in [0.25, 0.3) is 10.9 Å². The highest BCUT2D eigenvalue weighted by molar-refractivity contribution is 5.87. The Balaban J connectivity index is 1.66. The van der Waals surface area contributed by atoms with Crippen molar-refractivity contribution in [1.82, 2.24) is 15.0 Å². The molecule has 5 nitrogen and oxygen atoms in total. The van der Waals surface area contributed by atoms with Crippen molar-refractivity contribution in [3.63, 3.8) is 0 Å². The normalized spacial score (nSPS) is 12.2. The van der Waals surface area contributed by atoms with Crippen molar-refractivity contribution in [3.05, 3.63) is 60.7 Å². The fourth-order valence-electron chi connectivity index (χ4n) is 2.22. The first-order valence-electron chi connectivity index (χ1n) is 6.83. The van der Waals surface area contributed by atoms with Crippen molar-refractivity contribution in [2.75, 3.05) is 11.9 Å². The number of anilines is 1. The number of hydrogen-bond donors (Lipinski definition) is 2. The smallest absolute Gasteiger partial charge is 0.137 e. The maximum absolute atomic E-state index is 10.1. The SMILES string of the molecule is OC(CNc1ncnc2cnccc12)Cc1ccccc1. The van der Waals surface area contributed by atoms with E-state index in [-0.39, 0.29) is 0 Å². The quantitative estimate of drug-likeness (QED) is 0.748. The van der Waals surface area contributed by atoms with Gasteiger partial charge < -0.3 is 10.4 Å². The lowest BCUT2D eigenvalue weighted by molar-refractivity contribution is 0.188. The summed E-state index contributed by atoms with van der Waals surface area (Å²) in [6.45, 7) is 0.434. The monoisotopic (exact) mass is 280 g/mol. The average molecular weight is 280 g/mol. The lowest BCUT2D eigenvalue weighted by Crippen LogP contribution is -2.22. The standard InChI is InChI=1S/C16H16N4O/c21-13(8-12-4-2-1-3-5-12)9-18-16-14-6-7-17-10-15(14)19-11-20-16/h1-7,10-11,13,21H,8-9H2,(H,18,19,20). The molecule has 0 saturated heterocycles. The van der Waals surface area contributed by atoms with Gasteiger partial charge in [-0.15, -0.1) is 0 Å². The topological polar surface area (TPSA) is 70.9 Å². The predicted octanol–water partition coefficient (Wildman–Crippen LogP) is 2.04. The summed E-state index contributed by atoms with van der Waals surface area (Å²) in [7, 11) is 0. The fraction of sp³-hybridized carbons (Fsp3) is 0.188. The lowest BCUT2D eigenvalue weighted by atomic mass is 10.1. The van der Waals surface area contributed by atoms with Crippen LogP contribution in [0.2, 0.25) is 0 Å². The van der Waals surface area contributed by atoms with E-state index in [1.807, 2.05) is 36.4 Å². The number of aliphatic hydroxyl groups excluding tert-OH is 1. The summed E-state index contributed by atoms with van der Waals surface area (Å²) < 4.78 is 0. The maximum atomic E-state index is 10.1. The summed E-state index contributed by atoms with van der Waals surface area (Å²) in [6.07, 6.45) is 5.04. The zero-order valence-corrected chi connectivity index (χ0v) is 11.5. The van der Waals surface area contributed by atoms with Gasteiger partial charge in [0.05, 0.1) is 17.8 Å². The van der Waals surface area contributed by atoms with Crippen LogP contribution < -0.4 is 5.32 Å². The molecule has 2 heterocycles. The van der Waals surface area contributed by atoms with E-state index in [2.05, 4.69) is 20.3 Å². The zero-order valence-electron chi connectivity index (χ0n) is 11.5. The van der Waals surface area contributed by atoms with Crippen molar-refractivity contribution >= 4 is 16.7 Å². The Hall–Kier alpha value is -2.53. The molecule has 2 aromatic heterocycles. The van der Waals surface area contributed by atoms with E-state index in [0.717, 1.165) is 22.3 Å². The third-order valence-electron chi connectivity index (χ3n) is 3.26. The van der Waals surface area contributed by atoms with Crippen molar-refractivity contribution in [2.45, 2.75) is 12.5 Å². The third-order valence-corrected chi connectivity index (χ3v) is 3.26. The van der Waals surface area contributed by atoms with Gasteiger partial charge in [-0.3, -0.25) is 4.98 Å². The molecule has 3 rings (SSSR count). The summed E-state index contributed by atoms with van der Waals surface area (Å²) >= 11 is 0. The molecule has 0 spiro atoms. The van der Waals surface area contributed by atoms with Crippen molar-refractivity contribution < 1.29 is 5.11 Å². The van der Waals surface area contributed by atoms with Gasteiger partial charge >= 0.3 is 0 Å². The Morgan fingerprint density at radius 1 is 1.10 bits per heavy atom. The second-order valence-electron chi connectivity index (χ2n) is 4.84. The molecule has 106 valence electrons. The van der Waals surface area contributed by atoms with Crippen LogP contribution in [-0.2, 0) is 6.42 Å². The Kier molecular flexibility index (Phi) is 4.02. The van der Waals surface area contributed by atoms with Gasteiger partial charge in [-0.05, 0) is 11.6 Å². The summed E-state index contributed by atoms with van der Waals surface area (Å²) in [5.74, 6) is 0.717. The van der Waals surface area contributed by atoms with Crippen LogP contribution >= 0.6 is 0 Å². The van der Waals surface area contributed by atoms with Crippen molar-refractivity contribution in [1.29, 1.82) is 0 Å². The molecular formula is C16H16N4O. The fourth-order valence-corrected chi connectivity index (χ4v) is 2.22. The Morgan fingerprint density at radius 3 is 2.81 bits per heavy atom. The number of aromatic nitrogens is 3. The van der Waals surface area contributed by atoms with Gasteiger partial charge in [-0.25, -0.2) is 9.97 Å². The highest BCUT2D eigenvalue weighted by Crippen LogP contribution is 2.17. The van der Waals surface area contributed by atoms with Crippen molar-refractivity contribution in [3.8, 4) is 0 Å². The Labute approximate surface area is 122 Å². The molecule has 0 aliphatic carbocycles. The number of pyridine rings is 1. The summed E-state index contributed by atoms with van der Waals surface area (Å²) in [6, 6.07) is 11.8. The minimum Gasteiger partial charge on any atom is -0.391 e. The molecule has 0 bridgehead atoms. The molecule has 2 N–H and O–H groups in total. The molecule has 1 unspecified atom stereocenters. The van der Waals surface area contributed by atoms with Gasteiger partial charge in [-0.1, -0.05) is 30.3 Å². The molecule has 3 aromatic rings. The molecule has 0 radical (unpaired) electrons. The van der Waals surface area contributed by atoms with Crippen LogP contribution in [0.15, 0.2) is 55.1 Å². The largest absolute Gasteiger partial charge is 0.391 e. The van der Waals surface area contributed by atoms with Gasteiger partial charge in [-0.2, -0.15) is 0 Å². The van der Waals surface area contributed by atoms with Crippen LogP contribution in [0.3, 0.4) is 0 Å². The molecular weight excluding hydrogens is 264 g/mol. The first kappa shape index (κ1) is 13.5. The third kappa shape index (κ3) is 3.32. The van der Waals surface area contributed by atoms with Crippen LogP contribution in [-0.4, -0.2) is 32.7 Å². The Bertz CT molecular complexity index is 712. The van der Waals surface area contributed by atoms with Gasteiger partial charge in [0.15, 0.2) is 0 Å². The summed E-state index contributed by atoms with van der Waals surface area (Å²) in [5.41, 5.74) is 1.90. The molecule has 21 heavy (non-hydrogen) atoms. The summed E-state index contributed by atoms with van der Waals surface area (Å²) in [4.78, 5) is 12.4. The Morgan fingerprint density at radius 2 is 1.95 bits per heavy atom. The molecule has 0 aliphatic rings. The van der Waals surface area contributed by atoms with E-state index in [9.17, 15) is 5.11 Å². The molecule has 0 fully saturated rings. The minimum absolute atomic E-state index is 0.434. The predicted molar refractivity (Wildman–Crippen MR) is 82.0 cm³/mol. The van der Waals surface area contributed by atoms with Gasteiger partial charge in [0.1, 0.15) is 12.1 Å². The lowest BCUT2D eigenvalue weighted by Gasteiger charge is -2.13. The second-order valence-corrected chi connectivity index (χ2v) is 4.84. The highest BCUT2D eigenvalue weighted by atomic mass is 16.3. The van der Waals surface area contributed by atoms with E-state index in [0.29, 0.717) is 13.0 Å². The second kappa shape index (κ2) is 6.28. The minimum atomic E-state index is -0.473. The van der Waals surface area contributed by atoms with E-state index in [4.69, 9.17) is 0 Å². The number of rotatable bonds is 5. The number of aliphatic hydroxyl groups is 1. The van der Waals surface area contributed by atoms with Crippen LogP contribution in [0, 0.1) is 0 Å². The highest BCUT2D eigenvalue weighted by Gasteiger charge is 2.08. The van der Waals surface area contributed by atoms with Gasteiger partial charge in [0.25, 0.3) is 0 Å². The molecule has 0 amide bonds. The molecule has 0 aliphatic heterocycles. The van der Waals surface area contributed by atoms with E-state index in [1.165, 1.54) is 6.33 Å². The number of nitrogens with zero attached hydrogens (tertiary/aromatic N) is 3. The summed E-state index contributed by atoms with van der Waals surface area (Å²) in [5, 5.41) is 14.2. The van der Waals surface area contributed by atoms with E-state index >= 15 is 0 Å². The number of nitrogens with one attached hydrogen (secondary N) is 1. The number of fused-ring (bicyclic) bond motifs is 1. The van der Waals surface area contributed by atoms with Crippen molar-refractivity contribution in [2.24, 2.45) is 0 Å². The molecule has 0 saturated carbocycles. The number of benzene rings is 1. The van der Waals surface area contributed by atoms with Crippen LogP contribution in [0.5, 0.6) is 0 Å². The van der Waals surface area contributed by atoms with Crippen LogP contribution in [0.1, 0.15) is 5.56 Å². The van der Waals surface area contributed by atoms with Gasteiger partial charge in [0, 0.05) is 24.5 Å². The van der Waals surface area contributed by atoms with Gasteiger partial charge in [0.2, 0.25) is 0 Å². The van der Waals surface area contributed by atoms with E-state index < -0.39 is 6.10 Å². The molecule has 5 heteroatoms. The number of hydrogen-bond acceptors (Lipinski definition) is 5.